The van der Waals surface area contributed by atoms with Crippen LogP contribution in [0.5, 0.6) is 0 Å². The molecule has 0 aromatic heterocycles. The molecule has 1 amide bonds. The van der Waals surface area contributed by atoms with Crippen LogP contribution in [0.4, 0.5) is 4.79 Å². The molecule has 0 aromatic rings. The first-order valence-corrected chi connectivity index (χ1v) is 7.26. The number of hydrogen-bond donors (Lipinski definition) is 0. The highest BCUT2D eigenvalue weighted by Crippen LogP contribution is 2.45. The third-order valence-electron chi connectivity index (χ3n) is 4.40. The summed E-state index contributed by atoms with van der Waals surface area (Å²) >= 11 is 0. The Morgan fingerprint density at radius 2 is 1.84 bits per heavy atom. The zero-order chi connectivity index (χ0) is 14.3. The van der Waals surface area contributed by atoms with Crippen molar-refractivity contribution in [3.8, 4) is 0 Å². The number of carbonyl (C=O) groups is 2. The number of hydrogen-bond acceptors (Lipinski definition) is 3. The molecule has 19 heavy (non-hydrogen) atoms. The topological polar surface area (TPSA) is 46.6 Å². The molecule has 0 radical (unpaired) electrons. The van der Waals surface area contributed by atoms with Gasteiger partial charge in [-0.1, -0.05) is 6.92 Å². The molecule has 1 aliphatic heterocycles. The Kier molecular flexibility index (Phi) is 3.63. The summed E-state index contributed by atoms with van der Waals surface area (Å²) in [5.41, 5.74) is -0.595. The Morgan fingerprint density at radius 3 is 2.26 bits per heavy atom. The van der Waals surface area contributed by atoms with Crippen molar-refractivity contribution < 1.29 is 14.3 Å². The van der Waals surface area contributed by atoms with Crippen LogP contribution in [0.1, 0.15) is 53.4 Å². The van der Waals surface area contributed by atoms with Crippen LogP contribution in [0.25, 0.3) is 0 Å². The summed E-state index contributed by atoms with van der Waals surface area (Å²) < 4.78 is 5.38. The summed E-state index contributed by atoms with van der Waals surface area (Å²) in [6.07, 6.45) is 3.35. The summed E-state index contributed by atoms with van der Waals surface area (Å²) in [6, 6.07) is 0. The lowest BCUT2D eigenvalue weighted by Crippen LogP contribution is -2.46. The maximum atomic E-state index is 12.3. The first kappa shape index (κ1) is 14.4. The quantitative estimate of drug-likeness (QED) is 0.678. The van der Waals surface area contributed by atoms with E-state index in [1.165, 1.54) is 0 Å². The minimum absolute atomic E-state index is 0.141. The number of Topliss-reactive ketones (excluding diaryl/α,β-unsaturated/α-hetero) is 1. The molecule has 1 atom stereocenters. The zero-order valence-electron chi connectivity index (χ0n) is 12.5. The van der Waals surface area contributed by atoms with E-state index in [4.69, 9.17) is 4.74 Å². The fraction of sp³-hybridized carbons (Fsp3) is 0.867. The van der Waals surface area contributed by atoms with Crippen molar-refractivity contribution in [2.75, 3.05) is 13.1 Å². The highest BCUT2D eigenvalue weighted by Gasteiger charge is 2.48. The molecule has 4 heteroatoms. The lowest BCUT2D eigenvalue weighted by molar-refractivity contribution is -0.130. The van der Waals surface area contributed by atoms with Gasteiger partial charge >= 0.3 is 6.09 Å². The normalized spacial score (nSPS) is 26.8. The van der Waals surface area contributed by atoms with Gasteiger partial charge in [-0.3, -0.25) is 4.79 Å². The zero-order valence-corrected chi connectivity index (χ0v) is 12.5. The molecule has 2 aliphatic rings. The Balaban J connectivity index is 1.93. The van der Waals surface area contributed by atoms with Crippen molar-refractivity contribution in [2.45, 2.75) is 59.0 Å². The predicted molar refractivity (Wildman–Crippen MR) is 72.9 cm³/mol. The Bertz CT molecular complexity index is 375. The third kappa shape index (κ3) is 2.93. The van der Waals surface area contributed by atoms with E-state index in [2.05, 4.69) is 0 Å². The van der Waals surface area contributed by atoms with Gasteiger partial charge in [-0.05, 0) is 46.5 Å². The number of ketones is 1. The van der Waals surface area contributed by atoms with E-state index in [-0.39, 0.29) is 17.4 Å². The van der Waals surface area contributed by atoms with Crippen LogP contribution in [0, 0.1) is 11.3 Å². The van der Waals surface area contributed by atoms with E-state index in [1.54, 1.807) is 4.90 Å². The molecule has 2 rings (SSSR count). The minimum Gasteiger partial charge on any atom is -0.444 e. The first-order chi connectivity index (χ1) is 8.73. The van der Waals surface area contributed by atoms with E-state index in [9.17, 15) is 9.59 Å². The summed E-state index contributed by atoms with van der Waals surface area (Å²) in [7, 11) is 0. The lowest BCUT2D eigenvalue weighted by Gasteiger charge is -2.38. The van der Waals surface area contributed by atoms with E-state index < -0.39 is 5.60 Å². The summed E-state index contributed by atoms with van der Waals surface area (Å²) in [4.78, 5) is 26.0. The monoisotopic (exact) mass is 267 g/mol. The van der Waals surface area contributed by atoms with Gasteiger partial charge in [0.25, 0.3) is 0 Å². The number of rotatable bonds is 0. The average Bonchev–Trinajstić information content (AvgIpc) is 2.57. The van der Waals surface area contributed by atoms with Crippen LogP contribution in [-0.4, -0.2) is 35.5 Å². The first-order valence-electron chi connectivity index (χ1n) is 7.26. The largest absolute Gasteiger partial charge is 0.444 e. The number of nitrogens with zero attached hydrogens (tertiary/aromatic N) is 1. The van der Waals surface area contributed by atoms with Gasteiger partial charge in [-0.2, -0.15) is 0 Å². The van der Waals surface area contributed by atoms with E-state index in [1.807, 2.05) is 27.7 Å². The number of piperidine rings is 1. The standard InChI is InChI=1S/C15H25NO3/c1-11-5-6-15(12(11)17)7-9-16(10-8-15)13(18)19-14(2,3)4/h11H,5-10H2,1-4H3/t11-/m0/s1. The molecule has 0 bridgehead atoms. The maximum Gasteiger partial charge on any atom is 0.410 e. The van der Waals surface area contributed by atoms with Crippen molar-refractivity contribution in [1.29, 1.82) is 0 Å². The minimum atomic E-state index is -0.454. The van der Waals surface area contributed by atoms with Gasteiger partial charge in [0.15, 0.2) is 0 Å². The van der Waals surface area contributed by atoms with Gasteiger partial charge in [0.05, 0.1) is 0 Å². The fourth-order valence-corrected chi connectivity index (χ4v) is 3.21. The van der Waals surface area contributed by atoms with Crippen LogP contribution in [0.3, 0.4) is 0 Å². The molecule has 4 nitrogen and oxygen atoms in total. The summed E-state index contributed by atoms with van der Waals surface area (Å²) in [5, 5.41) is 0. The van der Waals surface area contributed by atoms with Crippen molar-refractivity contribution in [1.82, 2.24) is 4.90 Å². The second-order valence-electron chi connectivity index (χ2n) is 7.05. The number of ether oxygens (including phenoxy) is 1. The summed E-state index contributed by atoms with van der Waals surface area (Å²) in [6.45, 7) is 8.94. The van der Waals surface area contributed by atoms with Crippen LogP contribution >= 0.6 is 0 Å². The molecular formula is C15H25NO3. The maximum absolute atomic E-state index is 12.3. The highest BCUT2D eigenvalue weighted by molar-refractivity contribution is 5.89. The van der Waals surface area contributed by atoms with Crippen molar-refractivity contribution in [2.24, 2.45) is 11.3 Å². The van der Waals surface area contributed by atoms with Crippen molar-refractivity contribution >= 4 is 11.9 Å². The molecule has 0 aromatic carbocycles. The van der Waals surface area contributed by atoms with Crippen molar-refractivity contribution in [3.05, 3.63) is 0 Å². The van der Waals surface area contributed by atoms with Gasteiger partial charge in [0.1, 0.15) is 11.4 Å². The van der Waals surface area contributed by atoms with E-state index in [0.29, 0.717) is 18.9 Å². The summed E-state index contributed by atoms with van der Waals surface area (Å²) in [5.74, 6) is 0.615. The lowest BCUT2D eigenvalue weighted by atomic mass is 9.75. The van der Waals surface area contributed by atoms with Gasteiger partial charge < -0.3 is 9.64 Å². The molecule has 2 fully saturated rings. The van der Waals surface area contributed by atoms with Gasteiger partial charge in [-0.15, -0.1) is 0 Å². The van der Waals surface area contributed by atoms with Crippen LogP contribution in [0.15, 0.2) is 0 Å². The molecule has 0 N–H and O–H groups in total. The number of amides is 1. The molecule has 1 spiro atoms. The molecule has 0 unspecified atom stereocenters. The smallest absolute Gasteiger partial charge is 0.410 e. The number of carbonyl (C=O) groups excluding carboxylic acids is 2. The second kappa shape index (κ2) is 4.80. The molecule has 108 valence electrons. The molecule has 1 saturated carbocycles. The van der Waals surface area contributed by atoms with E-state index >= 15 is 0 Å². The molecule has 1 aliphatic carbocycles. The van der Waals surface area contributed by atoms with Gasteiger partial charge in [-0.25, -0.2) is 4.79 Å². The Hall–Kier alpha value is -1.06. The van der Waals surface area contributed by atoms with E-state index in [0.717, 1.165) is 25.7 Å². The van der Waals surface area contributed by atoms with Gasteiger partial charge in [0.2, 0.25) is 0 Å². The fourth-order valence-electron chi connectivity index (χ4n) is 3.21. The Morgan fingerprint density at radius 1 is 1.26 bits per heavy atom. The molecule has 1 saturated heterocycles. The van der Waals surface area contributed by atoms with Crippen LogP contribution in [-0.2, 0) is 9.53 Å². The van der Waals surface area contributed by atoms with Crippen LogP contribution < -0.4 is 0 Å². The van der Waals surface area contributed by atoms with Crippen LogP contribution in [0.2, 0.25) is 0 Å². The highest BCUT2D eigenvalue weighted by atomic mass is 16.6. The van der Waals surface area contributed by atoms with Gasteiger partial charge in [0, 0.05) is 24.4 Å². The second-order valence-corrected chi connectivity index (χ2v) is 7.05. The van der Waals surface area contributed by atoms with Crippen molar-refractivity contribution in [3.63, 3.8) is 0 Å². The SMILES string of the molecule is C[C@H]1CCC2(CCN(C(=O)OC(C)(C)C)CC2)C1=O. The Labute approximate surface area is 115 Å². The third-order valence-corrected chi connectivity index (χ3v) is 4.40. The average molecular weight is 267 g/mol. The molecular weight excluding hydrogens is 242 g/mol. The predicted octanol–water partition coefficient (Wildman–Crippen LogP) is 3.00. The molecule has 1 heterocycles. The number of likely N-dealkylation sites (tertiary alicyclic amines) is 1.